The van der Waals surface area contributed by atoms with E-state index in [1.165, 1.54) is 16.8 Å². The molecule has 4 rings (SSSR count). The zero-order valence-electron chi connectivity index (χ0n) is 13.9. The third kappa shape index (κ3) is 3.12. The van der Waals surface area contributed by atoms with Crippen molar-refractivity contribution in [1.29, 1.82) is 0 Å². The Morgan fingerprint density at radius 2 is 2.15 bits per heavy atom. The van der Waals surface area contributed by atoms with Crippen LogP contribution in [-0.4, -0.2) is 25.7 Å². The SMILES string of the molecule is O=C(O)NC(c1nc2ccc(F)c(Cl)c2c(=O)n1-c1cccnc1)C1CC1. The predicted molar refractivity (Wildman–Crippen MR) is 96.7 cm³/mol. The number of benzene rings is 1. The highest BCUT2D eigenvalue weighted by atomic mass is 35.5. The Morgan fingerprint density at radius 1 is 1.37 bits per heavy atom. The predicted octanol–water partition coefficient (Wildman–Crippen LogP) is 3.29. The topological polar surface area (TPSA) is 97.1 Å². The van der Waals surface area contributed by atoms with Crippen LogP contribution in [0.15, 0.2) is 41.5 Å². The van der Waals surface area contributed by atoms with Crippen molar-refractivity contribution < 1.29 is 14.3 Å². The van der Waals surface area contributed by atoms with Gasteiger partial charge in [-0.1, -0.05) is 11.6 Å². The van der Waals surface area contributed by atoms with E-state index >= 15 is 0 Å². The first-order valence-electron chi connectivity index (χ1n) is 8.28. The minimum absolute atomic E-state index is 0.0318. The molecule has 2 N–H and O–H groups in total. The van der Waals surface area contributed by atoms with Crippen molar-refractivity contribution in [2.24, 2.45) is 5.92 Å². The van der Waals surface area contributed by atoms with Crippen LogP contribution in [0.1, 0.15) is 24.7 Å². The number of hydrogen-bond acceptors (Lipinski definition) is 4. The van der Waals surface area contributed by atoms with Crippen LogP contribution in [0, 0.1) is 11.7 Å². The Labute approximate surface area is 157 Å². The molecule has 1 aliphatic rings. The first-order chi connectivity index (χ1) is 13.0. The van der Waals surface area contributed by atoms with Gasteiger partial charge in [0.15, 0.2) is 0 Å². The monoisotopic (exact) mass is 388 g/mol. The van der Waals surface area contributed by atoms with Crippen LogP contribution in [0.5, 0.6) is 0 Å². The normalized spacial score (nSPS) is 14.9. The second-order valence-electron chi connectivity index (χ2n) is 6.34. The quantitative estimate of drug-likeness (QED) is 0.714. The fourth-order valence-electron chi connectivity index (χ4n) is 3.13. The number of carboxylic acid groups (broad SMARTS) is 1. The molecule has 0 aliphatic heterocycles. The average molecular weight is 389 g/mol. The van der Waals surface area contributed by atoms with Gasteiger partial charge in [-0.15, -0.1) is 0 Å². The van der Waals surface area contributed by atoms with Crippen molar-refractivity contribution in [3.05, 3.63) is 63.7 Å². The van der Waals surface area contributed by atoms with E-state index in [0.717, 1.165) is 18.9 Å². The maximum Gasteiger partial charge on any atom is 0.405 e. The highest BCUT2D eigenvalue weighted by Crippen LogP contribution is 2.41. The average Bonchev–Trinajstić information content (AvgIpc) is 3.48. The molecule has 1 fully saturated rings. The Morgan fingerprint density at radius 3 is 2.78 bits per heavy atom. The number of amides is 1. The molecule has 0 radical (unpaired) electrons. The number of carbonyl (C=O) groups is 1. The summed E-state index contributed by atoms with van der Waals surface area (Å²) < 4.78 is 15.2. The van der Waals surface area contributed by atoms with Crippen LogP contribution in [0.2, 0.25) is 5.02 Å². The first kappa shape index (κ1) is 17.4. The summed E-state index contributed by atoms with van der Waals surface area (Å²) in [5.41, 5.74) is 0.0229. The third-order valence-corrected chi connectivity index (χ3v) is 4.88. The van der Waals surface area contributed by atoms with E-state index in [9.17, 15) is 19.1 Å². The van der Waals surface area contributed by atoms with E-state index in [4.69, 9.17) is 11.6 Å². The minimum atomic E-state index is -1.21. The van der Waals surface area contributed by atoms with Crippen LogP contribution in [-0.2, 0) is 0 Å². The van der Waals surface area contributed by atoms with Crippen LogP contribution in [0.4, 0.5) is 9.18 Å². The van der Waals surface area contributed by atoms with E-state index in [1.54, 1.807) is 18.3 Å². The molecule has 1 saturated carbocycles. The highest BCUT2D eigenvalue weighted by Gasteiger charge is 2.37. The molecule has 1 atom stereocenters. The van der Waals surface area contributed by atoms with Crippen molar-refractivity contribution in [3.63, 3.8) is 0 Å². The molecule has 1 aromatic carbocycles. The number of hydrogen-bond donors (Lipinski definition) is 2. The number of nitrogens with zero attached hydrogens (tertiary/aromatic N) is 3. The fraction of sp³-hybridized carbons (Fsp3) is 0.222. The smallest absolute Gasteiger partial charge is 0.405 e. The Kier molecular flexibility index (Phi) is 4.27. The highest BCUT2D eigenvalue weighted by molar-refractivity contribution is 6.35. The molecule has 1 aliphatic carbocycles. The van der Waals surface area contributed by atoms with Gasteiger partial charge in [0.05, 0.1) is 33.9 Å². The number of pyridine rings is 1. The minimum Gasteiger partial charge on any atom is -0.465 e. The van der Waals surface area contributed by atoms with Gasteiger partial charge in [0, 0.05) is 6.20 Å². The van der Waals surface area contributed by atoms with Crippen LogP contribution < -0.4 is 10.9 Å². The van der Waals surface area contributed by atoms with E-state index < -0.39 is 23.5 Å². The third-order valence-electron chi connectivity index (χ3n) is 4.51. The number of halogens is 2. The summed E-state index contributed by atoms with van der Waals surface area (Å²) in [7, 11) is 0. The van der Waals surface area contributed by atoms with Gasteiger partial charge >= 0.3 is 6.09 Å². The number of fused-ring (bicyclic) bond motifs is 1. The standard InChI is InChI=1S/C18H14ClFN4O3/c19-14-11(20)5-6-12-13(14)17(25)24(10-2-1-7-21-8-10)16(22-12)15(9-3-4-9)23-18(26)27/h1-2,5-9,15,23H,3-4H2,(H,26,27). The molecule has 7 nitrogen and oxygen atoms in total. The van der Waals surface area contributed by atoms with Crippen molar-refractivity contribution in [2.45, 2.75) is 18.9 Å². The lowest BCUT2D eigenvalue weighted by Crippen LogP contribution is -2.35. The molecule has 0 saturated heterocycles. The first-order valence-corrected chi connectivity index (χ1v) is 8.65. The van der Waals surface area contributed by atoms with Crippen molar-refractivity contribution in [1.82, 2.24) is 19.9 Å². The van der Waals surface area contributed by atoms with Crippen LogP contribution in [0.3, 0.4) is 0 Å². The fourth-order valence-corrected chi connectivity index (χ4v) is 3.37. The van der Waals surface area contributed by atoms with Crippen molar-refractivity contribution in [3.8, 4) is 5.69 Å². The molecule has 138 valence electrons. The second-order valence-corrected chi connectivity index (χ2v) is 6.72. The molecule has 0 spiro atoms. The van der Waals surface area contributed by atoms with Gasteiger partial charge in [-0.25, -0.2) is 14.2 Å². The molecule has 0 bridgehead atoms. The van der Waals surface area contributed by atoms with E-state index in [0.29, 0.717) is 5.69 Å². The van der Waals surface area contributed by atoms with E-state index in [1.807, 2.05) is 0 Å². The summed E-state index contributed by atoms with van der Waals surface area (Å²) in [6, 6.07) is 5.10. The maximum absolute atomic E-state index is 13.9. The number of nitrogens with one attached hydrogen (secondary N) is 1. The van der Waals surface area contributed by atoms with Crippen molar-refractivity contribution in [2.75, 3.05) is 0 Å². The lowest BCUT2D eigenvalue weighted by atomic mass is 10.1. The Bertz CT molecular complexity index is 1100. The zero-order valence-corrected chi connectivity index (χ0v) is 14.7. The van der Waals surface area contributed by atoms with Gasteiger partial charge in [0.1, 0.15) is 11.6 Å². The maximum atomic E-state index is 13.9. The molecule has 2 aromatic heterocycles. The summed E-state index contributed by atoms with van der Waals surface area (Å²) in [6.07, 6.45) is 3.42. The zero-order chi connectivity index (χ0) is 19.1. The van der Waals surface area contributed by atoms with Crippen LogP contribution in [0.25, 0.3) is 16.6 Å². The molecular weight excluding hydrogens is 375 g/mol. The Hall–Kier alpha value is -3.00. The van der Waals surface area contributed by atoms with Gasteiger partial charge in [-0.05, 0) is 43.0 Å². The summed E-state index contributed by atoms with van der Waals surface area (Å²) in [6.45, 7) is 0. The summed E-state index contributed by atoms with van der Waals surface area (Å²) in [5, 5.41) is 11.3. The van der Waals surface area contributed by atoms with Gasteiger partial charge in [-0.3, -0.25) is 14.3 Å². The molecule has 2 heterocycles. The summed E-state index contributed by atoms with van der Waals surface area (Å²) in [4.78, 5) is 33.0. The van der Waals surface area contributed by atoms with Crippen LogP contribution >= 0.6 is 11.6 Å². The van der Waals surface area contributed by atoms with Crippen molar-refractivity contribution >= 4 is 28.6 Å². The summed E-state index contributed by atoms with van der Waals surface area (Å²) in [5.74, 6) is -0.465. The van der Waals surface area contributed by atoms with E-state index in [-0.39, 0.29) is 27.7 Å². The Balaban J connectivity index is 2.06. The lowest BCUT2D eigenvalue weighted by molar-refractivity contribution is 0.187. The molecule has 1 unspecified atom stereocenters. The van der Waals surface area contributed by atoms with Gasteiger partial charge in [0.2, 0.25) is 0 Å². The lowest BCUT2D eigenvalue weighted by Gasteiger charge is -2.21. The molecule has 27 heavy (non-hydrogen) atoms. The van der Waals surface area contributed by atoms with Gasteiger partial charge < -0.3 is 10.4 Å². The number of aromatic nitrogens is 3. The summed E-state index contributed by atoms with van der Waals surface area (Å²) >= 11 is 6.03. The molecule has 3 aromatic rings. The molecule has 1 amide bonds. The van der Waals surface area contributed by atoms with E-state index in [2.05, 4.69) is 15.3 Å². The second kappa shape index (κ2) is 6.62. The molecular formula is C18H14ClFN4O3. The number of rotatable bonds is 4. The largest absolute Gasteiger partial charge is 0.465 e. The van der Waals surface area contributed by atoms with Gasteiger partial charge in [0.25, 0.3) is 5.56 Å². The molecule has 9 heteroatoms. The van der Waals surface area contributed by atoms with Gasteiger partial charge in [-0.2, -0.15) is 0 Å².